The van der Waals surface area contributed by atoms with Gasteiger partial charge in [0.2, 0.25) is 11.8 Å². The van der Waals surface area contributed by atoms with E-state index in [1.807, 2.05) is 4.90 Å². The summed E-state index contributed by atoms with van der Waals surface area (Å²) in [6.45, 7) is 3.29. The first kappa shape index (κ1) is 26.4. The van der Waals surface area contributed by atoms with Crippen molar-refractivity contribution in [3.8, 4) is 0 Å². The zero-order valence-electron chi connectivity index (χ0n) is 22.1. The number of hydrogen-bond acceptors (Lipinski definition) is 5. The molecule has 2 aromatic carbocycles. The minimum absolute atomic E-state index is 0.0463. The Hall–Kier alpha value is -4.20. The predicted molar refractivity (Wildman–Crippen MR) is 150 cm³/mol. The van der Waals surface area contributed by atoms with Crippen LogP contribution in [0.1, 0.15) is 73.0 Å². The summed E-state index contributed by atoms with van der Waals surface area (Å²) in [6, 6.07) is 14.4. The number of benzene rings is 2. The lowest BCUT2D eigenvalue weighted by Crippen LogP contribution is -2.25. The summed E-state index contributed by atoms with van der Waals surface area (Å²) in [5.41, 5.74) is 4.34. The first-order valence-corrected chi connectivity index (χ1v) is 13.5. The van der Waals surface area contributed by atoms with E-state index in [2.05, 4.69) is 41.0 Å². The highest BCUT2D eigenvalue weighted by atomic mass is 16.3. The van der Waals surface area contributed by atoms with Crippen LogP contribution in [0.25, 0.3) is 11.0 Å². The van der Waals surface area contributed by atoms with Crippen molar-refractivity contribution >= 4 is 34.4 Å². The Balaban J connectivity index is 1.17. The Bertz CT molecular complexity index is 1500. The molecule has 2 N–H and O–H groups in total. The first-order chi connectivity index (χ1) is 18.9. The van der Waals surface area contributed by atoms with Crippen molar-refractivity contribution in [2.75, 3.05) is 18.4 Å². The monoisotopic (exact) mass is 527 g/mol. The lowest BCUT2D eigenvalue weighted by atomic mass is 9.80. The number of carbonyl (C=O) groups excluding carboxylic acids is 3. The van der Waals surface area contributed by atoms with Crippen molar-refractivity contribution < 1.29 is 18.8 Å². The van der Waals surface area contributed by atoms with Crippen molar-refractivity contribution in [2.45, 2.75) is 57.9 Å². The number of likely N-dealkylation sites (tertiary alicyclic amines) is 1. The molecule has 2 aliphatic rings. The second-order valence-corrected chi connectivity index (χ2v) is 10.3. The summed E-state index contributed by atoms with van der Waals surface area (Å²) in [7, 11) is 0. The molecule has 8 nitrogen and oxygen atoms in total. The maximum absolute atomic E-state index is 12.7. The van der Waals surface area contributed by atoms with Crippen molar-refractivity contribution in [3.05, 3.63) is 87.3 Å². The smallest absolute Gasteiger partial charge is 0.287 e. The van der Waals surface area contributed by atoms with Gasteiger partial charge in [0, 0.05) is 44.7 Å². The van der Waals surface area contributed by atoms with Crippen LogP contribution in [0.5, 0.6) is 0 Å². The summed E-state index contributed by atoms with van der Waals surface area (Å²) in [4.78, 5) is 50.6. The summed E-state index contributed by atoms with van der Waals surface area (Å²) < 4.78 is 5.67. The molecule has 39 heavy (non-hydrogen) atoms. The van der Waals surface area contributed by atoms with E-state index >= 15 is 0 Å². The van der Waals surface area contributed by atoms with Crippen molar-refractivity contribution in [1.29, 1.82) is 0 Å². The van der Waals surface area contributed by atoms with Gasteiger partial charge in [0.1, 0.15) is 5.58 Å². The summed E-state index contributed by atoms with van der Waals surface area (Å²) in [5.74, 6) is -0.0216. The summed E-state index contributed by atoms with van der Waals surface area (Å²) in [5, 5.41) is 5.76. The Morgan fingerprint density at radius 1 is 1.05 bits per heavy atom. The lowest BCUT2D eigenvalue weighted by molar-refractivity contribution is -0.128. The Morgan fingerprint density at radius 3 is 2.59 bits per heavy atom. The number of allylic oxidation sites excluding steroid dienone is 1. The van der Waals surface area contributed by atoms with Crippen LogP contribution in [0, 0.1) is 0 Å². The molecule has 3 aromatic rings. The van der Waals surface area contributed by atoms with Gasteiger partial charge in [-0.05, 0) is 67.3 Å². The fraction of sp³-hybridized carbons (Fsp3) is 0.355. The molecule has 202 valence electrons. The maximum Gasteiger partial charge on any atom is 0.287 e. The molecule has 0 unspecified atom stereocenters. The largest absolute Gasteiger partial charge is 0.451 e. The van der Waals surface area contributed by atoms with Crippen LogP contribution >= 0.6 is 0 Å². The second-order valence-electron chi connectivity index (χ2n) is 10.3. The van der Waals surface area contributed by atoms with Crippen molar-refractivity contribution in [3.63, 3.8) is 0 Å². The van der Waals surface area contributed by atoms with Gasteiger partial charge in [0.05, 0.1) is 5.39 Å². The fourth-order valence-corrected chi connectivity index (χ4v) is 5.58. The molecule has 2 fully saturated rings. The highest BCUT2D eigenvalue weighted by molar-refractivity contribution is 5.95. The van der Waals surface area contributed by atoms with Gasteiger partial charge in [-0.25, -0.2) is 0 Å². The van der Waals surface area contributed by atoms with Gasteiger partial charge in [0.15, 0.2) is 11.2 Å². The van der Waals surface area contributed by atoms with Gasteiger partial charge in [-0.1, -0.05) is 35.9 Å². The second kappa shape index (κ2) is 11.7. The van der Waals surface area contributed by atoms with E-state index in [9.17, 15) is 19.2 Å². The average Bonchev–Trinajstić information content (AvgIpc) is 3.33. The zero-order valence-corrected chi connectivity index (χ0v) is 22.1. The van der Waals surface area contributed by atoms with Gasteiger partial charge in [-0.15, -0.1) is 0 Å². The van der Waals surface area contributed by atoms with Crippen LogP contribution in [0.4, 0.5) is 5.69 Å². The van der Waals surface area contributed by atoms with Gasteiger partial charge in [0.25, 0.3) is 5.91 Å². The molecular weight excluding hydrogens is 494 g/mol. The SMILES string of the molecule is CC(=O)Nc1ccc2oc(C(=O)NCC=C3CCC(c4ccccc4CN4CCCC4=O)CC3)cc(=O)c2c1. The van der Waals surface area contributed by atoms with Gasteiger partial charge < -0.3 is 20.0 Å². The maximum atomic E-state index is 12.7. The molecule has 1 aliphatic carbocycles. The number of anilines is 1. The Morgan fingerprint density at radius 2 is 1.85 bits per heavy atom. The van der Waals surface area contributed by atoms with Crippen LogP contribution in [-0.2, 0) is 16.1 Å². The summed E-state index contributed by atoms with van der Waals surface area (Å²) >= 11 is 0. The number of fused-ring (bicyclic) bond motifs is 1. The third-order valence-corrected chi connectivity index (χ3v) is 7.58. The summed E-state index contributed by atoms with van der Waals surface area (Å²) in [6.07, 6.45) is 7.64. The number of amides is 3. The molecule has 1 saturated heterocycles. The van der Waals surface area contributed by atoms with Crippen molar-refractivity contribution in [1.82, 2.24) is 10.2 Å². The first-order valence-electron chi connectivity index (χ1n) is 13.5. The van der Waals surface area contributed by atoms with Crippen LogP contribution in [0.2, 0.25) is 0 Å². The topological polar surface area (TPSA) is 109 Å². The highest BCUT2D eigenvalue weighted by Gasteiger charge is 2.24. The zero-order chi connectivity index (χ0) is 27.4. The van der Waals surface area contributed by atoms with E-state index in [0.29, 0.717) is 36.5 Å². The highest BCUT2D eigenvalue weighted by Crippen LogP contribution is 2.37. The Kier molecular flexibility index (Phi) is 7.91. The van der Waals surface area contributed by atoms with Gasteiger partial charge >= 0.3 is 0 Å². The minimum Gasteiger partial charge on any atom is -0.451 e. The number of nitrogens with zero attached hydrogens (tertiary/aromatic N) is 1. The van der Waals surface area contributed by atoms with Crippen LogP contribution in [0.3, 0.4) is 0 Å². The molecule has 8 heteroatoms. The molecule has 1 aliphatic heterocycles. The standard InChI is InChI=1S/C31H33N3O5/c1-20(35)33-24-12-13-28-26(17-24)27(36)18-29(39-28)31(38)32-15-14-21-8-10-22(11-9-21)25-6-3-2-5-23(25)19-34-16-4-7-30(34)37/h2-3,5-6,12-14,17-18,22H,4,7-11,15-16,19H2,1H3,(H,32,38)(H,33,35). The molecule has 0 radical (unpaired) electrons. The van der Waals surface area contributed by atoms with Crippen LogP contribution < -0.4 is 16.1 Å². The molecule has 0 atom stereocenters. The Labute approximate surface area is 227 Å². The predicted octanol–water partition coefficient (Wildman–Crippen LogP) is 4.89. The fourth-order valence-electron chi connectivity index (χ4n) is 5.58. The minimum atomic E-state index is -0.448. The molecule has 1 saturated carbocycles. The van der Waals surface area contributed by atoms with Gasteiger partial charge in [-0.3, -0.25) is 19.2 Å². The van der Waals surface area contributed by atoms with Crippen molar-refractivity contribution in [2.24, 2.45) is 0 Å². The van der Waals surface area contributed by atoms with E-state index in [1.54, 1.807) is 12.1 Å². The molecule has 0 spiro atoms. The number of carbonyl (C=O) groups is 3. The van der Waals surface area contributed by atoms with E-state index < -0.39 is 5.91 Å². The molecule has 3 amide bonds. The van der Waals surface area contributed by atoms with E-state index in [4.69, 9.17) is 4.42 Å². The van der Waals surface area contributed by atoms with E-state index in [-0.39, 0.29) is 28.6 Å². The quantitative estimate of drug-likeness (QED) is 0.426. The molecule has 1 aromatic heterocycles. The normalized spacial score (nSPS) is 17.4. The van der Waals surface area contributed by atoms with Crippen LogP contribution in [0.15, 0.2) is 69.4 Å². The molecule has 0 bridgehead atoms. The third kappa shape index (κ3) is 6.28. The molecule has 5 rings (SSSR count). The molecular formula is C31H33N3O5. The van der Waals surface area contributed by atoms with Crippen LogP contribution in [-0.4, -0.2) is 35.7 Å². The number of rotatable bonds is 7. The van der Waals surface area contributed by atoms with Gasteiger partial charge in [-0.2, -0.15) is 0 Å². The number of nitrogens with one attached hydrogen (secondary N) is 2. The van der Waals surface area contributed by atoms with E-state index in [1.165, 1.54) is 35.8 Å². The third-order valence-electron chi connectivity index (χ3n) is 7.58. The van der Waals surface area contributed by atoms with E-state index in [0.717, 1.165) is 38.6 Å². The lowest BCUT2D eigenvalue weighted by Gasteiger charge is -2.27. The molecule has 2 heterocycles. The number of hydrogen-bond donors (Lipinski definition) is 2. The average molecular weight is 528 g/mol.